The lowest BCUT2D eigenvalue weighted by atomic mass is 10.0. The number of Topliss-reactive ketones (excluding diaryl/α,β-unsaturated/α-hetero) is 1. The number of methoxy groups -OCH3 is 2. The Morgan fingerprint density at radius 3 is 2.49 bits per heavy atom. The number of aromatic amines is 1. The Morgan fingerprint density at radius 2 is 1.80 bits per heavy atom. The topological polar surface area (TPSA) is 99.1 Å². The van der Waals surface area contributed by atoms with Crippen molar-refractivity contribution in [1.82, 2.24) is 19.7 Å². The van der Waals surface area contributed by atoms with Crippen molar-refractivity contribution in [2.24, 2.45) is 0 Å². The van der Waals surface area contributed by atoms with E-state index >= 15 is 0 Å². The zero-order chi connectivity index (χ0) is 24.9. The SMILES string of the molecule is COc1ccc(Cc2nc3c(c(C)nn3C(CCCc3ccccc3)C(C)=O)c(=O)[nH]2)cc1OC. The number of carbonyl (C=O) groups excluding carboxylic acids is 1. The van der Waals surface area contributed by atoms with E-state index in [9.17, 15) is 9.59 Å². The summed E-state index contributed by atoms with van der Waals surface area (Å²) in [6, 6.07) is 15.3. The van der Waals surface area contributed by atoms with Gasteiger partial charge in [-0.1, -0.05) is 36.4 Å². The van der Waals surface area contributed by atoms with Crippen molar-refractivity contribution in [3.8, 4) is 11.5 Å². The number of nitrogens with one attached hydrogen (secondary N) is 1. The first-order valence-electron chi connectivity index (χ1n) is 11.6. The van der Waals surface area contributed by atoms with E-state index in [4.69, 9.17) is 14.5 Å². The van der Waals surface area contributed by atoms with Crippen LogP contribution in [-0.2, 0) is 17.6 Å². The number of ketones is 1. The fourth-order valence-electron chi connectivity index (χ4n) is 4.38. The van der Waals surface area contributed by atoms with E-state index in [0.29, 0.717) is 46.9 Å². The molecule has 0 aliphatic carbocycles. The van der Waals surface area contributed by atoms with E-state index in [1.165, 1.54) is 5.56 Å². The summed E-state index contributed by atoms with van der Waals surface area (Å²) in [7, 11) is 3.16. The molecular formula is C27H30N4O4. The first-order valence-corrected chi connectivity index (χ1v) is 11.6. The first-order chi connectivity index (χ1) is 16.9. The van der Waals surface area contributed by atoms with E-state index in [-0.39, 0.29) is 11.3 Å². The molecule has 0 bridgehead atoms. The van der Waals surface area contributed by atoms with Gasteiger partial charge in [0.1, 0.15) is 17.3 Å². The van der Waals surface area contributed by atoms with Crippen LogP contribution >= 0.6 is 0 Å². The molecular weight excluding hydrogens is 444 g/mol. The summed E-state index contributed by atoms with van der Waals surface area (Å²) < 4.78 is 12.3. The number of aryl methyl sites for hydroxylation is 2. The van der Waals surface area contributed by atoms with Gasteiger partial charge >= 0.3 is 0 Å². The molecule has 0 aliphatic rings. The third kappa shape index (κ3) is 5.26. The molecule has 0 saturated carbocycles. The fourth-order valence-corrected chi connectivity index (χ4v) is 4.38. The van der Waals surface area contributed by atoms with Crippen molar-refractivity contribution in [3.05, 3.63) is 81.5 Å². The quantitative estimate of drug-likeness (QED) is 0.370. The molecule has 8 nitrogen and oxygen atoms in total. The lowest BCUT2D eigenvalue weighted by Gasteiger charge is -2.15. The van der Waals surface area contributed by atoms with Gasteiger partial charge in [-0.2, -0.15) is 5.10 Å². The highest BCUT2D eigenvalue weighted by Gasteiger charge is 2.23. The summed E-state index contributed by atoms with van der Waals surface area (Å²) in [5.41, 5.74) is 2.85. The smallest absolute Gasteiger partial charge is 0.262 e. The third-order valence-corrected chi connectivity index (χ3v) is 6.16. The van der Waals surface area contributed by atoms with E-state index in [0.717, 1.165) is 18.4 Å². The predicted octanol–water partition coefficient (Wildman–Crippen LogP) is 4.19. The Labute approximate surface area is 203 Å². The number of H-pyrrole nitrogens is 1. The summed E-state index contributed by atoms with van der Waals surface area (Å²) in [6.07, 6.45) is 2.67. The molecule has 182 valence electrons. The molecule has 2 aromatic carbocycles. The molecule has 2 heterocycles. The molecule has 1 atom stereocenters. The van der Waals surface area contributed by atoms with Crippen LogP contribution in [0.1, 0.15) is 48.5 Å². The van der Waals surface area contributed by atoms with Crippen LogP contribution in [0.3, 0.4) is 0 Å². The molecule has 1 N–H and O–H groups in total. The summed E-state index contributed by atoms with van der Waals surface area (Å²) >= 11 is 0. The number of fused-ring (bicyclic) bond motifs is 1. The lowest BCUT2D eigenvalue weighted by molar-refractivity contribution is -0.120. The normalized spacial score (nSPS) is 12.0. The van der Waals surface area contributed by atoms with Crippen molar-refractivity contribution in [3.63, 3.8) is 0 Å². The van der Waals surface area contributed by atoms with E-state index in [1.54, 1.807) is 32.7 Å². The predicted molar refractivity (Wildman–Crippen MR) is 134 cm³/mol. The van der Waals surface area contributed by atoms with Gasteiger partial charge in [0.25, 0.3) is 5.56 Å². The average Bonchev–Trinajstić information content (AvgIpc) is 3.18. The van der Waals surface area contributed by atoms with Crippen LogP contribution in [-0.4, -0.2) is 39.8 Å². The third-order valence-electron chi connectivity index (χ3n) is 6.16. The maximum Gasteiger partial charge on any atom is 0.262 e. The number of carbonyl (C=O) groups is 1. The highest BCUT2D eigenvalue weighted by molar-refractivity contribution is 5.83. The fraction of sp³-hybridized carbons (Fsp3) is 0.333. The minimum Gasteiger partial charge on any atom is -0.493 e. The van der Waals surface area contributed by atoms with Gasteiger partial charge in [0.2, 0.25) is 0 Å². The minimum atomic E-state index is -0.488. The Kier molecular flexibility index (Phi) is 7.29. The summed E-state index contributed by atoms with van der Waals surface area (Å²) in [6.45, 7) is 3.33. The standard InChI is InChI=1S/C27H30N4O4/c1-17-25-26(31(30-17)21(18(2)32)12-8-11-19-9-6-5-7-10-19)28-24(29-27(25)33)16-20-13-14-22(34-3)23(15-20)35-4/h5-7,9-10,13-15,21H,8,11-12,16H2,1-4H3,(H,28,29,33). The molecule has 8 heteroatoms. The van der Waals surface area contributed by atoms with Crippen LogP contribution in [0.2, 0.25) is 0 Å². The summed E-state index contributed by atoms with van der Waals surface area (Å²) in [4.78, 5) is 33.2. The van der Waals surface area contributed by atoms with Gasteiger partial charge in [-0.15, -0.1) is 0 Å². The van der Waals surface area contributed by atoms with Crippen LogP contribution in [0.4, 0.5) is 0 Å². The molecule has 0 aliphatic heterocycles. The molecule has 35 heavy (non-hydrogen) atoms. The second kappa shape index (κ2) is 10.5. The summed E-state index contributed by atoms with van der Waals surface area (Å²) in [5, 5.41) is 4.99. The van der Waals surface area contributed by atoms with Crippen molar-refractivity contribution >= 4 is 16.8 Å². The largest absolute Gasteiger partial charge is 0.493 e. The number of hydrogen-bond donors (Lipinski definition) is 1. The number of aromatic nitrogens is 4. The van der Waals surface area contributed by atoms with E-state index in [1.807, 2.05) is 36.4 Å². The van der Waals surface area contributed by atoms with Gasteiger partial charge in [0.15, 0.2) is 22.9 Å². The number of ether oxygens (including phenoxy) is 2. The van der Waals surface area contributed by atoms with Gasteiger partial charge in [-0.25, -0.2) is 9.67 Å². The van der Waals surface area contributed by atoms with Crippen molar-refractivity contribution in [2.75, 3.05) is 14.2 Å². The maximum atomic E-state index is 13.0. The second-order valence-electron chi connectivity index (χ2n) is 8.61. The highest BCUT2D eigenvalue weighted by atomic mass is 16.5. The van der Waals surface area contributed by atoms with E-state index < -0.39 is 6.04 Å². The summed E-state index contributed by atoms with van der Waals surface area (Å²) in [5.74, 6) is 1.71. The Morgan fingerprint density at radius 1 is 1.06 bits per heavy atom. The van der Waals surface area contributed by atoms with E-state index in [2.05, 4.69) is 22.2 Å². The number of hydrogen-bond acceptors (Lipinski definition) is 6. The number of nitrogens with zero attached hydrogens (tertiary/aromatic N) is 3. The number of rotatable bonds is 10. The van der Waals surface area contributed by atoms with Gasteiger partial charge in [0, 0.05) is 6.42 Å². The highest BCUT2D eigenvalue weighted by Crippen LogP contribution is 2.28. The molecule has 1 unspecified atom stereocenters. The Hall–Kier alpha value is -3.94. The molecule has 4 aromatic rings. The van der Waals surface area contributed by atoms with Gasteiger partial charge in [0.05, 0.1) is 19.9 Å². The first kappa shape index (κ1) is 24.2. The monoisotopic (exact) mass is 474 g/mol. The Balaban J connectivity index is 1.65. The second-order valence-corrected chi connectivity index (χ2v) is 8.61. The van der Waals surface area contributed by atoms with Gasteiger partial charge in [-0.05, 0) is 56.4 Å². The van der Waals surface area contributed by atoms with Crippen LogP contribution < -0.4 is 15.0 Å². The van der Waals surface area contributed by atoms with Crippen molar-refractivity contribution in [2.45, 2.75) is 45.6 Å². The zero-order valence-electron chi connectivity index (χ0n) is 20.5. The van der Waals surface area contributed by atoms with Crippen molar-refractivity contribution in [1.29, 1.82) is 0 Å². The Bertz CT molecular complexity index is 1390. The lowest BCUT2D eigenvalue weighted by Crippen LogP contribution is -2.20. The van der Waals surface area contributed by atoms with Crippen LogP contribution in [0.25, 0.3) is 11.0 Å². The van der Waals surface area contributed by atoms with Gasteiger partial charge < -0.3 is 14.5 Å². The number of benzene rings is 2. The minimum absolute atomic E-state index is 0.00835. The molecule has 0 saturated heterocycles. The molecule has 2 aromatic heterocycles. The van der Waals surface area contributed by atoms with Crippen LogP contribution in [0, 0.1) is 6.92 Å². The molecule has 0 amide bonds. The zero-order valence-corrected chi connectivity index (χ0v) is 20.5. The molecule has 4 rings (SSSR count). The average molecular weight is 475 g/mol. The maximum absolute atomic E-state index is 13.0. The van der Waals surface area contributed by atoms with Gasteiger partial charge in [-0.3, -0.25) is 9.59 Å². The van der Waals surface area contributed by atoms with Crippen LogP contribution in [0.5, 0.6) is 11.5 Å². The van der Waals surface area contributed by atoms with Crippen LogP contribution in [0.15, 0.2) is 53.3 Å². The molecule has 0 spiro atoms. The molecule has 0 radical (unpaired) electrons. The molecule has 0 fully saturated rings. The van der Waals surface area contributed by atoms with Crippen molar-refractivity contribution < 1.29 is 14.3 Å².